The van der Waals surface area contributed by atoms with Crippen molar-refractivity contribution >= 4 is 11.9 Å². The first-order valence-corrected chi connectivity index (χ1v) is 37.9. The first kappa shape index (κ1) is 81.8. The van der Waals surface area contributed by atoms with Gasteiger partial charge in [0, 0.05) is 12.8 Å². The number of hydrogen-bond acceptors (Lipinski definition) is 5. The molecule has 0 aliphatic rings. The summed E-state index contributed by atoms with van der Waals surface area (Å²) in [6.45, 7) is 4.91. The van der Waals surface area contributed by atoms with Gasteiger partial charge in [0.1, 0.15) is 0 Å². The van der Waals surface area contributed by atoms with Gasteiger partial charge < -0.3 is 20.3 Å². The molecule has 0 bridgehead atoms. The van der Waals surface area contributed by atoms with Crippen LogP contribution in [0.15, 0.2) is 48.6 Å². The topological polar surface area (TPSA) is 95.9 Å². The number of rotatable bonds is 71. The first-order chi connectivity index (χ1) is 41.5. The third-order valence-electron chi connectivity index (χ3n) is 17.6. The number of ether oxygens (including phenoxy) is 1. The van der Waals surface area contributed by atoms with Crippen molar-refractivity contribution in [2.24, 2.45) is 0 Å². The first-order valence-electron chi connectivity index (χ1n) is 37.9. The van der Waals surface area contributed by atoms with Crippen molar-refractivity contribution < 1.29 is 24.5 Å². The number of aliphatic hydroxyl groups is 2. The molecule has 2 atom stereocenters. The fraction of sp³-hybridized carbons (Fsp3) is 0.872. The molecule has 0 saturated heterocycles. The quantitative estimate of drug-likeness (QED) is 0.0320. The van der Waals surface area contributed by atoms with Crippen molar-refractivity contribution in [3.8, 4) is 0 Å². The summed E-state index contributed by atoms with van der Waals surface area (Å²) in [5.41, 5.74) is 0. The predicted molar refractivity (Wildman–Crippen MR) is 370 cm³/mol. The Morgan fingerprint density at radius 3 is 0.929 bits per heavy atom. The molecule has 0 aromatic carbocycles. The molecule has 0 saturated carbocycles. The molecule has 2 unspecified atom stereocenters. The summed E-state index contributed by atoms with van der Waals surface area (Å²) in [6.07, 6.45) is 96.5. The van der Waals surface area contributed by atoms with E-state index in [-0.39, 0.29) is 18.5 Å². The molecule has 0 heterocycles. The molecule has 0 fully saturated rings. The van der Waals surface area contributed by atoms with Crippen LogP contribution in [0.4, 0.5) is 0 Å². The Morgan fingerprint density at radius 1 is 0.333 bits per heavy atom. The van der Waals surface area contributed by atoms with Crippen molar-refractivity contribution in [3.05, 3.63) is 48.6 Å². The van der Waals surface area contributed by atoms with Crippen LogP contribution in [0.3, 0.4) is 0 Å². The minimum absolute atomic E-state index is 0.00672. The summed E-state index contributed by atoms with van der Waals surface area (Å²) in [5, 5.41) is 23.2. The molecule has 0 radical (unpaired) electrons. The van der Waals surface area contributed by atoms with Crippen LogP contribution in [0.2, 0.25) is 0 Å². The molecule has 0 aliphatic carbocycles. The number of amides is 1. The molecule has 1 amide bonds. The van der Waals surface area contributed by atoms with E-state index in [1.807, 2.05) is 6.08 Å². The van der Waals surface area contributed by atoms with Gasteiger partial charge >= 0.3 is 5.97 Å². The number of carbonyl (C=O) groups excluding carboxylic acids is 2. The van der Waals surface area contributed by atoms with Gasteiger partial charge in [0.05, 0.1) is 25.4 Å². The molecular formula is C78H147NO5. The normalized spacial score (nSPS) is 12.8. The molecule has 84 heavy (non-hydrogen) atoms. The van der Waals surface area contributed by atoms with Gasteiger partial charge in [0.2, 0.25) is 5.91 Å². The molecule has 0 aromatic heterocycles. The lowest BCUT2D eigenvalue weighted by molar-refractivity contribution is -0.143. The maximum Gasteiger partial charge on any atom is 0.305 e. The Hall–Kier alpha value is -2.18. The summed E-state index contributed by atoms with van der Waals surface area (Å²) in [4.78, 5) is 24.6. The maximum atomic E-state index is 12.5. The second-order valence-electron chi connectivity index (χ2n) is 26.0. The molecule has 0 spiro atoms. The zero-order valence-corrected chi connectivity index (χ0v) is 56.6. The Morgan fingerprint density at radius 2 is 0.595 bits per heavy atom. The van der Waals surface area contributed by atoms with E-state index >= 15 is 0 Å². The second-order valence-corrected chi connectivity index (χ2v) is 26.0. The van der Waals surface area contributed by atoms with Crippen molar-refractivity contribution in [2.75, 3.05) is 13.2 Å². The zero-order chi connectivity index (χ0) is 60.6. The van der Waals surface area contributed by atoms with Crippen LogP contribution < -0.4 is 5.32 Å². The Bertz CT molecular complexity index is 1400. The summed E-state index contributed by atoms with van der Waals surface area (Å²) in [7, 11) is 0. The average Bonchev–Trinajstić information content (AvgIpc) is 3.51. The van der Waals surface area contributed by atoms with Gasteiger partial charge in [-0.15, -0.1) is 0 Å². The van der Waals surface area contributed by atoms with E-state index in [1.165, 1.54) is 334 Å². The third-order valence-corrected chi connectivity index (χ3v) is 17.6. The Labute approximate surface area is 525 Å². The zero-order valence-electron chi connectivity index (χ0n) is 56.6. The number of allylic oxidation sites excluding steroid dienone is 7. The van der Waals surface area contributed by atoms with Crippen LogP contribution in [-0.4, -0.2) is 47.4 Å². The van der Waals surface area contributed by atoms with Crippen LogP contribution in [-0.2, 0) is 14.3 Å². The maximum absolute atomic E-state index is 12.5. The minimum atomic E-state index is -0.842. The van der Waals surface area contributed by atoms with Crippen LogP contribution >= 0.6 is 0 Å². The monoisotopic (exact) mass is 1180 g/mol. The smallest absolute Gasteiger partial charge is 0.305 e. The third kappa shape index (κ3) is 68.9. The van der Waals surface area contributed by atoms with Gasteiger partial charge in [-0.05, 0) is 89.9 Å². The van der Waals surface area contributed by atoms with Crippen LogP contribution in [0, 0.1) is 0 Å². The van der Waals surface area contributed by atoms with Gasteiger partial charge in [0.25, 0.3) is 0 Å². The van der Waals surface area contributed by atoms with Gasteiger partial charge in [-0.1, -0.05) is 358 Å². The fourth-order valence-corrected chi connectivity index (χ4v) is 11.8. The Kier molecular flexibility index (Phi) is 71.4. The summed E-state index contributed by atoms with van der Waals surface area (Å²) >= 11 is 0. The molecule has 6 nitrogen and oxygen atoms in total. The average molecular weight is 1180 g/mol. The van der Waals surface area contributed by atoms with Gasteiger partial charge in [0.15, 0.2) is 0 Å². The molecule has 494 valence electrons. The minimum Gasteiger partial charge on any atom is -0.466 e. The van der Waals surface area contributed by atoms with E-state index in [4.69, 9.17) is 4.74 Å². The highest BCUT2D eigenvalue weighted by Gasteiger charge is 2.18. The van der Waals surface area contributed by atoms with Crippen LogP contribution in [0.25, 0.3) is 0 Å². The van der Waals surface area contributed by atoms with Gasteiger partial charge in [-0.25, -0.2) is 0 Å². The van der Waals surface area contributed by atoms with Crippen LogP contribution in [0.1, 0.15) is 412 Å². The van der Waals surface area contributed by atoms with E-state index < -0.39 is 12.1 Å². The number of hydrogen-bond donors (Lipinski definition) is 3. The molecule has 3 N–H and O–H groups in total. The van der Waals surface area contributed by atoms with Gasteiger partial charge in [-0.2, -0.15) is 0 Å². The van der Waals surface area contributed by atoms with E-state index in [9.17, 15) is 19.8 Å². The summed E-state index contributed by atoms with van der Waals surface area (Å²) in [5.74, 6) is -0.0552. The van der Waals surface area contributed by atoms with Crippen molar-refractivity contribution in [1.82, 2.24) is 5.32 Å². The second kappa shape index (κ2) is 73.3. The van der Waals surface area contributed by atoms with Crippen molar-refractivity contribution in [3.63, 3.8) is 0 Å². The molecule has 0 aliphatic heterocycles. The van der Waals surface area contributed by atoms with Crippen molar-refractivity contribution in [2.45, 2.75) is 424 Å². The molecular weight excluding hydrogens is 1030 g/mol. The van der Waals surface area contributed by atoms with E-state index in [2.05, 4.69) is 55.6 Å². The lowest BCUT2D eigenvalue weighted by Gasteiger charge is -2.20. The highest BCUT2D eigenvalue weighted by molar-refractivity contribution is 5.76. The largest absolute Gasteiger partial charge is 0.466 e. The highest BCUT2D eigenvalue weighted by atomic mass is 16.5. The van der Waals surface area contributed by atoms with E-state index in [0.717, 1.165) is 51.4 Å². The number of esters is 1. The molecule has 0 rings (SSSR count). The van der Waals surface area contributed by atoms with Gasteiger partial charge in [-0.3, -0.25) is 9.59 Å². The number of nitrogens with one attached hydrogen (secondary N) is 1. The number of carbonyl (C=O) groups is 2. The predicted octanol–water partition coefficient (Wildman–Crippen LogP) is 24.8. The number of aliphatic hydroxyl groups excluding tert-OH is 2. The SMILES string of the molecule is CCCCCC/C=C\C/C=C\CCCCCCCC(=O)OCCCCCCCCCCCCCCCC/C=C\CCCCCCCCCCCCCCCCCCCC(=O)NC(CO)C(O)/C=C/CCCCCCCCCCCCCCCC. The number of unbranched alkanes of at least 4 members (excludes halogenated alkanes) is 54. The van der Waals surface area contributed by atoms with E-state index in [1.54, 1.807) is 6.08 Å². The standard InChI is InChI=1S/C78H147NO5/c1-3-5-7-9-11-13-15-17-19-42-46-50-54-58-62-66-70-76(81)75(74-80)79-77(82)71-67-63-59-55-51-47-43-40-38-36-34-32-30-28-26-24-22-21-23-25-27-29-31-33-35-37-39-41-45-49-53-57-61-65-69-73-84-78(83)72-68-64-60-56-52-48-44-20-18-16-14-12-10-8-6-4-2/h14,16,20,23,25,44,66,70,75-76,80-81H,3-13,15,17-19,21-22,24,26-43,45-65,67-69,71-74H2,1-2H3,(H,79,82)/b16-14-,25-23-,44-20-,70-66+. The molecule has 0 aromatic rings. The lowest BCUT2D eigenvalue weighted by Crippen LogP contribution is -2.45. The summed E-state index contributed by atoms with van der Waals surface area (Å²) in [6, 6.07) is -0.626. The highest BCUT2D eigenvalue weighted by Crippen LogP contribution is 2.19. The van der Waals surface area contributed by atoms with Crippen molar-refractivity contribution in [1.29, 1.82) is 0 Å². The summed E-state index contributed by atoms with van der Waals surface area (Å²) < 4.78 is 5.49. The lowest BCUT2D eigenvalue weighted by atomic mass is 10.0. The fourth-order valence-electron chi connectivity index (χ4n) is 11.8. The molecule has 6 heteroatoms. The Balaban J connectivity index is 3.36. The van der Waals surface area contributed by atoms with Crippen LogP contribution in [0.5, 0.6) is 0 Å². The van der Waals surface area contributed by atoms with E-state index in [0.29, 0.717) is 19.4 Å².